The summed E-state index contributed by atoms with van der Waals surface area (Å²) in [6, 6.07) is 18.2. The average Bonchev–Trinajstić information content (AvgIpc) is 3.55. The molecule has 8 nitrogen and oxygen atoms in total. The van der Waals surface area contributed by atoms with E-state index in [0.717, 1.165) is 12.5 Å². The lowest BCUT2D eigenvalue weighted by molar-refractivity contribution is -0.141. The molecule has 0 bridgehead atoms. The van der Waals surface area contributed by atoms with Crippen LogP contribution in [0.1, 0.15) is 28.8 Å². The maximum atomic E-state index is 13.5. The molecule has 5 aromatic rings. The summed E-state index contributed by atoms with van der Waals surface area (Å²) in [5.74, 6) is 0.00780. The summed E-state index contributed by atoms with van der Waals surface area (Å²) in [6.45, 7) is 2.92. The highest BCUT2D eigenvalue weighted by atomic mass is 32.2. The van der Waals surface area contributed by atoms with E-state index in [1.54, 1.807) is 54.6 Å². The number of halogens is 3. The summed E-state index contributed by atoms with van der Waals surface area (Å²) in [7, 11) is -3.48. The molecule has 0 spiro atoms. The standard InChI is InChI=1S/C28H22F3N5O3S/c1-17(37)19-7-9-20(10-8-19)26-15-32-34-36(26)25-14-22(21-5-4-6-23(13-21)40(3,38)39)11-12-24(25)35-16-27(28(29,30)31)33-18(35)2/h4-16H,1-3H3. The Morgan fingerprint density at radius 2 is 1.57 bits per heavy atom. The van der Waals surface area contributed by atoms with E-state index in [-0.39, 0.29) is 16.5 Å². The van der Waals surface area contributed by atoms with Crippen molar-refractivity contribution < 1.29 is 26.4 Å². The largest absolute Gasteiger partial charge is 0.434 e. The third kappa shape index (κ3) is 5.17. The van der Waals surface area contributed by atoms with Crippen LogP contribution >= 0.6 is 0 Å². The molecule has 0 fully saturated rings. The van der Waals surface area contributed by atoms with Crippen LogP contribution in [0.2, 0.25) is 0 Å². The summed E-state index contributed by atoms with van der Waals surface area (Å²) in [5, 5.41) is 8.28. The van der Waals surface area contributed by atoms with Gasteiger partial charge in [0.15, 0.2) is 21.3 Å². The third-order valence-corrected chi connectivity index (χ3v) is 7.48. The number of rotatable bonds is 6. The SMILES string of the molecule is CC(=O)c1ccc(-c2cnnn2-c2cc(-c3cccc(S(C)(=O)=O)c3)ccc2-n2cc(C(F)(F)F)nc2C)cc1. The first-order valence-electron chi connectivity index (χ1n) is 11.9. The number of alkyl halides is 3. The van der Waals surface area contributed by atoms with Gasteiger partial charge in [-0.25, -0.2) is 18.1 Å². The first-order valence-corrected chi connectivity index (χ1v) is 13.8. The Hall–Kier alpha value is -4.58. The summed E-state index contributed by atoms with van der Waals surface area (Å²) in [5.41, 5.74) is 2.57. The van der Waals surface area contributed by atoms with E-state index in [1.807, 2.05) is 0 Å². The normalized spacial score (nSPS) is 12.1. The Morgan fingerprint density at radius 1 is 0.900 bits per heavy atom. The Bertz CT molecular complexity index is 1860. The Labute approximate surface area is 227 Å². The number of aromatic nitrogens is 5. The zero-order valence-corrected chi connectivity index (χ0v) is 22.3. The van der Waals surface area contributed by atoms with Crippen molar-refractivity contribution in [3.8, 4) is 33.8 Å². The van der Waals surface area contributed by atoms with Crippen LogP contribution in [0.15, 0.2) is 84.0 Å². The molecule has 0 atom stereocenters. The van der Waals surface area contributed by atoms with Gasteiger partial charge in [-0.1, -0.05) is 47.7 Å². The predicted octanol–water partition coefficient (Wildman–Crippen LogP) is 5.72. The molecule has 0 aliphatic heterocycles. The quantitative estimate of drug-likeness (QED) is 0.244. The highest BCUT2D eigenvalue weighted by Gasteiger charge is 2.34. The molecule has 0 unspecified atom stereocenters. The molecule has 0 saturated carbocycles. The number of carbonyl (C=O) groups is 1. The molecule has 3 aromatic carbocycles. The minimum atomic E-state index is -4.64. The van der Waals surface area contributed by atoms with Crippen molar-refractivity contribution in [2.75, 3.05) is 6.26 Å². The molecule has 0 saturated heterocycles. The van der Waals surface area contributed by atoms with Crippen molar-refractivity contribution >= 4 is 15.6 Å². The number of aryl methyl sites for hydroxylation is 1. The minimum Gasteiger partial charge on any atom is -0.301 e. The van der Waals surface area contributed by atoms with Crippen LogP contribution in [0.4, 0.5) is 13.2 Å². The number of benzene rings is 3. The zero-order valence-electron chi connectivity index (χ0n) is 21.5. The van der Waals surface area contributed by atoms with Gasteiger partial charge in [-0.3, -0.25) is 4.79 Å². The van der Waals surface area contributed by atoms with E-state index in [0.29, 0.717) is 39.3 Å². The molecule has 12 heteroatoms. The molecule has 0 amide bonds. The van der Waals surface area contributed by atoms with E-state index in [2.05, 4.69) is 15.3 Å². The molecule has 0 aliphatic rings. The molecule has 0 aliphatic carbocycles. The second-order valence-corrected chi connectivity index (χ2v) is 11.2. The molecule has 204 valence electrons. The first-order chi connectivity index (χ1) is 18.8. The highest BCUT2D eigenvalue weighted by molar-refractivity contribution is 7.90. The monoisotopic (exact) mass is 565 g/mol. The smallest absolute Gasteiger partial charge is 0.301 e. The summed E-state index contributed by atoms with van der Waals surface area (Å²) >= 11 is 0. The van der Waals surface area contributed by atoms with Crippen molar-refractivity contribution in [2.24, 2.45) is 0 Å². The summed E-state index contributed by atoms with van der Waals surface area (Å²) in [6.07, 6.45) is -1.11. The second-order valence-electron chi connectivity index (χ2n) is 9.21. The number of imidazole rings is 1. The van der Waals surface area contributed by atoms with Gasteiger partial charge in [-0.2, -0.15) is 13.2 Å². The van der Waals surface area contributed by atoms with Crippen LogP contribution < -0.4 is 0 Å². The Kier molecular flexibility index (Phi) is 6.66. The number of Topliss-reactive ketones (excluding diaryl/α,β-unsaturated/α-hetero) is 1. The molecule has 40 heavy (non-hydrogen) atoms. The fourth-order valence-electron chi connectivity index (χ4n) is 4.32. The van der Waals surface area contributed by atoms with Crippen LogP contribution in [-0.2, 0) is 16.0 Å². The van der Waals surface area contributed by atoms with Gasteiger partial charge in [0.05, 0.1) is 28.2 Å². The fourth-order valence-corrected chi connectivity index (χ4v) is 4.99. The predicted molar refractivity (Wildman–Crippen MR) is 142 cm³/mol. The van der Waals surface area contributed by atoms with E-state index in [4.69, 9.17) is 0 Å². The molecule has 0 radical (unpaired) electrons. The molecule has 2 aromatic heterocycles. The lowest BCUT2D eigenvalue weighted by Crippen LogP contribution is -2.08. The van der Waals surface area contributed by atoms with Gasteiger partial charge in [-0.15, -0.1) is 5.10 Å². The fraction of sp³-hybridized carbons (Fsp3) is 0.143. The van der Waals surface area contributed by atoms with Crippen molar-refractivity contribution in [2.45, 2.75) is 24.9 Å². The van der Waals surface area contributed by atoms with E-state index < -0.39 is 21.7 Å². The van der Waals surface area contributed by atoms with Gasteiger partial charge < -0.3 is 4.57 Å². The van der Waals surface area contributed by atoms with Gasteiger partial charge in [0.2, 0.25) is 0 Å². The van der Waals surface area contributed by atoms with E-state index in [9.17, 15) is 26.4 Å². The average molecular weight is 566 g/mol. The third-order valence-electron chi connectivity index (χ3n) is 6.37. The molecular formula is C28H22F3N5O3S. The molecular weight excluding hydrogens is 543 g/mol. The van der Waals surface area contributed by atoms with Crippen molar-refractivity contribution in [1.29, 1.82) is 0 Å². The van der Waals surface area contributed by atoms with Crippen LogP contribution in [-0.4, -0.2) is 45.0 Å². The summed E-state index contributed by atoms with van der Waals surface area (Å²) in [4.78, 5) is 15.6. The van der Waals surface area contributed by atoms with Crippen LogP contribution in [0.3, 0.4) is 0 Å². The van der Waals surface area contributed by atoms with Crippen molar-refractivity contribution in [3.05, 3.63) is 96.2 Å². The highest BCUT2D eigenvalue weighted by Crippen LogP contribution is 2.34. The first kappa shape index (κ1) is 27.0. The van der Waals surface area contributed by atoms with Crippen LogP contribution in [0.5, 0.6) is 0 Å². The van der Waals surface area contributed by atoms with Crippen LogP contribution in [0.25, 0.3) is 33.8 Å². The summed E-state index contributed by atoms with van der Waals surface area (Å²) < 4.78 is 67.6. The van der Waals surface area contributed by atoms with Crippen molar-refractivity contribution in [3.63, 3.8) is 0 Å². The number of carbonyl (C=O) groups excluding carboxylic acids is 1. The van der Waals surface area contributed by atoms with Gasteiger partial charge >= 0.3 is 6.18 Å². The number of hydrogen-bond acceptors (Lipinski definition) is 6. The minimum absolute atomic E-state index is 0.0967. The topological polar surface area (TPSA) is 99.7 Å². The van der Waals surface area contributed by atoms with E-state index in [1.165, 1.54) is 41.4 Å². The van der Waals surface area contributed by atoms with Gasteiger partial charge in [0.25, 0.3) is 0 Å². The maximum absolute atomic E-state index is 13.5. The number of sulfone groups is 1. The Balaban J connectivity index is 1.73. The van der Waals surface area contributed by atoms with Gasteiger partial charge in [0, 0.05) is 23.6 Å². The second kappa shape index (κ2) is 9.87. The molecule has 0 N–H and O–H groups in total. The lowest BCUT2D eigenvalue weighted by Gasteiger charge is -2.16. The Morgan fingerprint density at radius 3 is 2.20 bits per heavy atom. The van der Waals surface area contributed by atoms with Gasteiger partial charge in [-0.05, 0) is 49.2 Å². The van der Waals surface area contributed by atoms with Crippen molar-refractivity contribution in [1.82, 2.24) is 24.5 Å². The zero-order chi connectivity index (χ0) is 28.8. The van der Waals surface area contributed by atoms with Gasteiger partial charge in [0.1, 0.15) is 5.82 Å². The lowest BCUT2D eigenvalue weighted by atomic mass is 10.0. The number of ketones is 1. The number of hydrogen-bond donors (Lipinski definition) is 0. The number of nitrogens with zero attached hydrogens (tertiary/aromatic N) is 5. The maximum Gasteiger partial charge on any atom is 0.434 e. The molecule has 5 rings (SSSR count). The van der Waals surface area contributed by atoms with Crippen LogP contribution in [0, 0.1) is 6.92 Å². The molecule has 2 heterocycles. The van der Waals surface area contributed by atoms with E-state index >= 15 is 0 Å².